The molecule has 0 saturated carbocycles. The molecule has 57 heavy (non-hydrogen) atoms. The summed E-state index contributed by atoms with van der Waals surface area (Å²) in [5.74, 6) is 0. The Labute approximate surface area is 335 Å². The van der Waals surface area contributed by atoms with Crippen LogP contribution in [0.1, 0.15) is 0 Å². The van der Waals surface area contributed by atoms with Gasteiger partial charge in [-0.15, -0.1) is 11.3 Å². The van der Waals surface area contributed by atoms with Crippen molar-refractivity contribution in [3.63, 3.8) is 0 Å². The van der Waals surface area contributed by atoms with Gasteiger partial charge in [0.05, 0.1) is 5.69 Å². The number of anilines is 3. The molecule has 0 aliphatic heterocycles. The molecule has 11 rings (SSSR count). The molecule has 0 spiro atoms. The van der Waals surface area contributed by atoms with Crippen LogP contribution in [0.25, 0.3) is 86.6 Å². The van der Waals surface area contributed by atoms with Crippen molar-refractivity contribution in [3.8, 4) is 44.5 Å². The van der Waals surface area contributed by atoms with Crippen LogP contribution in [0, 0.1) is 0 Å². The zero-order valence-electron chi connectivity index (χ0n) is 31.0. The summed E-state index contributed by atoms with van der Waals surface area (Å²) in [5, 5.41) is 4.84. The average Bonchev–Trinajstić information content (AvgIpc) is 3.87. The van der Waals surface area contributed by atoms with Gasteiger partial charge in [0.25, 0.3) is 0 Å². The highest BCUT2D eigenvalue weighted by atomic mass is 32.1. The molecule has 0 bridgehead atoms. The lowest BCUT2D eigenvalue weighted by Gasteiger charge is -2.26. The van der Waals surface area contributed by atoms with E-state index in [1.165, 1.54) is 53.6 Å². The predicted molar refractivity (Wildman–Crippen MR) is 243 cm³/mol. The van der Waals surface area contributed by atoms with Crippen LogP contribution in [0.3, 0.4) is 0 Å². The van der Waals surface area contributed by atoms with Gasteiger partial charge < -0.3 is 9.32 Å². The molecular formula is C54H35NOS. The highest BCUT2D eigenvalue weighted by Gasteiger charge is 2.22. The zero-order valence-corrected chi connectivity index (χ0v) is 31.8. The second-order valence-electron chi connectivity index (χ2n) is 14.5. The minimum Gasteiger partial charge on any atom is -0.454 e. The van der Waals surface area contributed by atoms with E-state index < -0.39 is 0 Å². The molecule has 268 valence electrons. The molecule has 0 saturated heterocycles. The van der Waals surface area contributed by atoms with E-state index in [9.17, 15) is 0 Å². The standard InChI is InChI=1S/C54H35NOS/c1-3-12-36(13-4-1)37-22-24-38(25-23-37)39-26-30-42(31-27-39)55(43-32-28-41(29-33-43)45-18-11-19-47-46-16-8-10-21-51(46)57-54(45)47)49-35-34-44(40-14-5-2-6-15-40)52-48-17-7-9-20-50(48)56-53(49)52/h1-35H. The quantitative estimate of drug-likeness (QED) is 0.162. The number of para-hydroxylation sites is 1. The number of rotatable bonds is 7. The van der Waals surface area contributed by atoms with E-state index in [0.29, 0.717) is 0 Å². The molecular weight excluding hydrogens is 711 g/mol. The van der Waals surface area contributed by atoms with Crippen molar-refractivity contribution in [1.82, 2.24) is 0 Å². The first-order chi connectivity index (χ1) is 28.3. The van der Waals surface area contributed by atoms with E-state index in [2.05, 4.69) is 211 Å². The summed E-state index contributed by atoms with van der Waals surface area (Å²) in [4.78, 5) is 2.34. The molecule has 0 amide bonds. The van der Waals surface area contributed by atoms with Crippen LogP contribution in [0.15, 0.2) is 217 Å². The van der Waals surface area contributed by atoms with Gasteiger partial charge >= 0.3 is 0 Å². The molecule has 2 nitrogen and oxygen atoms in total. The predicted octanol–water partition coefficient (Wildman–Crippen LogP) is 16.1. The van der Waals surface area contributed by atoms with E-state index in [0.717, 1.165) is 50.1 Å². The largest absolute Gasteiger partial charge is 0.454 e. The van der Waals surface area contributed by atoms with Crippen molar-refractivity contribution < 1.29 is 4.42 Å². The summed E-state index contributed by atoms with van der Waals surface area (Å²) in [6.07, 6.45) is 0. The van der Waals surface area contributed by atoms with Crippen molar-refractivity contribution in [2.75, 3.05) is 4.90 Å². The maximum absolute atomic E-state index is 6.84. The lowest BCUT2D eigenvalue weighted by Crippen LogP contribution is -2.10. The highest BCUT2D eigenvalue weighted by molar-refractivity contribution is 7.26. The highest BCUT2D eigenvalue weighted by Crippen LogP contribution is 2.47. The average molecular weight is 746 g/mol. The maximum atomic E-state index is 6.84. The van der Waals surface area contributed by atoms with E-state index in [4.69, 9.17) is 4.42 Å². The van der Waals surface area contributed by atoms with Gasteiger partial charge in [-0.1, -0.05) is 170 Å². The first kappa shape index (κ1) is 33.2. The van der Waals surface area contributed by atoms with Gasteiger partial charge in [0, 0.05) is 42.3 Å². The van der Waals surface area contributed by atoms with Gasteiger partial charge in [0.15, 0.2) is 5.58 Å². The zero-order chi connectivity index (χ0) is 37.7. The third-order valence-electron chi connectivity index (χ3n) is 11.1. The summed E-state index contributed by atoms with van der Waals surface area (Å²) in [5.41, 5.74) is 14.4. The van der Waals surface area contributed by atoms with Crippen molar-refractivity contribution in [3.05, 3.63) is 212 Å². The van der Waals surface area contributed by atoms with Crippen LogP contribution in [0.5, 0.6) is 0 Å². The minimum atomic E-state index is 0.859. The lowest BCUT2D eigenvalue weighted by atomic mass is 9.97. The summed E-state index contributed by atoms with van der Waals surface area (Å²) in [7, 11) is 0. The van der Waals surface area contributed by atoms with Gasteiger partial charge in [-0.25, -0.2) is 0 Å². The number of furan rings is 1. The molecule has 0 N–H and O–H groups in total. The molecule has 9 aromatic carbocycles. The van der Waals surface area contributed by atoms with Gasteiger partial charge in [-0.05, 0) is 87.0 Å². The molecule has 0 unspecified atom stereocenters. The minimum absolute atomic E-state index is 0.859. The summed E-state index contributed by atoms with van der Waals surface area (Å²) in [6.45, 7) is 0. The first-order valence-corrected chi connectivity index (χ1v) is 20.1. The van der Waals surface area contributed by atoms with Gasteiger partial charge in [-0.3, -0.25) is 0 Å². The fourth-order valence-corrected chi connectivity index (χ4v) is 9.57. The van der Waals surface area contributed by atoms with Crippen LogP contribution < -0.4 is 4.90 Å². The Hall–Kier alpha value is -7.20. The van der Waals surface area contributed by atoms with Gasteiger partial charge in [0.2, 0.25) is 0 Å². The van der Waals surface area contributed by atoms with Gasteiger partial charge in [0.1, 0.15) is 5.58 Å². The number of nitrogens with zero attached hydrogens (tertiary/aromatic N) is 1. The van der Waals surface area contributed by atoms with Crippen LogP contribution in [0.2, 0.25) is 0 Å². The Bertz CT molecular complexity index is 3200. The van der Waals surface area contributed by atoms with E-state index >= 15 is 0 Å². The summed E-state index contributed by atoms with van der Waals surface area (Å²) in [6, 6.07) is 76.1. The molecule has 0 atom stereocenters. The molecule has 0 radical (unpaired) electrons. The van der Waals surface area contributed by atoms with E-state index in [1.54, 1.807) is 0 Å². The Balaban J connectivity index is 1.05. The number of fused-ring (bicyclic) bond motifs is 6. The van der Waals surface area contributed by atoms with Crippen LogP contribution in [0.4, 0.5) is 17.1 Å². The fourth-order valence-electron chi connectivity index (χ4n) is 8.33. The summed E-state index contributed by atoms with van der Waals surface area (Å²) >= 11 is 1.87. The van der Waals surface area contributed by atoms with Gasteiger partial charge in [-0.2, -0.15) is 0 Å². The number of hydrogen-bond acceptors (Lipinski definition) is 3. The van der Waals surface area contributed by atoms with Crippen LogP contribution in [-0.4, -0.2) is 0 Å². The monoisotopic (exact) mass is 745 g/mol. The maximum Gasteiger partial charge on any atom is 0.160 e. The van der Waals surface area contributed by atoms with E-state index in [-0.39, 0.29) is 0 Å². The molecule has 0 fully saturated rings. The lowest BCUT2D eigenvalue weighted by molar-refractivity contribution is 0.669. The number of benzene rings is 9. The molecule has 2 aromatic heterocycles. The third kappa shape index (κ3) is 5.80. The fraction of sp³-hybridized carbons (Fsp3) is 0. The normalized spacial score (nSPS) is 11.5. The van der Waals surface area contributed by atoms with Crippen LogP contribution >= 0.6 is 11.3 Å². The first-order valence-electron chi connectivity index (χ1n) is 19.3. The molecule has 3 heteroatoms. The Morgan fingerprint density at radius 3 is 1.54 bits per heavy atom. The molecule has 2 heterocycles. The second kappa shape index (κ2) is 13.8. The second-order valence-corrected chi connectivity index (χ2v) is 15.5. The third-order valence-corrected chi connectivity index (χ3v) is 12.3. The number of hydrogen-bond donors (Lipinski definition) is 0. The van der Waals surface area contributed by atoms with Crippen molar-refractivity contribution in [2.45, 2.75) is 0 Å². The Kier molecular flexibility index (Phi) is 8.04. The summed E-state index contributed by atoms with van der Waals surface area (Å²) < 4.78 is 9.47. The van der Waals surface area contributed by atoms with Crippen molar-refractivity contribution >= 4 is 70.5 Å². The van der Waals surface area contributed by atoms with Crippen LogP contribution in [-0.2, 0) is 0 Å². The SMILES string of the molecule is c1ccc(-c2ccc(-c3ccc(N(c4ccc(-c5cccc6c5sc5ccccc56)cc4)c4ccc(-c5ccccc5)c5c4oc4ccccc45)cc3)cc2)cc1. The Morgan fingerprint density at radius 2 is 0.860 bits per heavy atom. The van der Waals surface area contributed by atoms with E-state index in [1.807, 2.05) is 17.4 Å². The molecule has 11 aromatic rings. The molecule has 0 aliphatic carbocycles. The Morgan fingerprint density at radius 1 is 0.351 bits per heavy atom. The van der Waals surface area contributed by atoms with Crippen molar-refractivity contribution in [1.29, 1.82) is 0 Å². The topological polar surface area (TPSA) is 16.4 Å². The smallest absolute Gasteiger partial charge is 0.160 e. The van der Waals surface area contributed by atoms with Crippen molar-refractivity contribution in [2.24, 2.45) is 0 Å². The number of thiophene rings is 1. The molecule has 0 aliphatic rings.